The van der Waals surface area contributed by atoms with Crippen molar-refractivity contribution in [2.24, 2.45) is 0 Å². The van der Waals surface area contributed by atoms with Crippen LogP contribution in [0.15, 0.2) is 18.2 Å². The summed E-state index contributed by atoms with van der Waals surface area (Å²) in [5, 5.41) is 0. The van der Waals surface area contributed by atoms with E-state index < -0.39 is 58.8 Å². The highest BCUT2D eigenvalue weighted by molar-refractivity contribution is 5.89. The Bertz CT molecular complexity index is 777. The number of hydrogen-bond acceptors (Lipinski definition) is 3. The number of carbonyl (C=O) groups is 1. The Morgan fingerprint density at radius 1 is 0.875 bits per heavy atom. The van der Waals surface area contributed by atoms with Gasteiger partial charge in [0, 0.05) is 5.56 Å². The Hall–Kier alpha value is -2.71. The van der Waals surface area contributed by atoms with Gasteiger partial charge in [-0.05, 0) is 6.07 Å². The normalized spacial score (nSPS) is 10.6. The minimum Gasteiger partial charge on any atom is -0.483 e. The van der Waals surface area contributed by atoms with E-state index in [2.05, 4.69) is 9.47 Å². The molecule has 9 heteroatoms. The van der Waals surface area contributed by atoms with Crippen molar-refractivity contribution in [2.75, 3.05) is 7.11 Å². The molecule has 0 heterocycles. The number of benzene rings is 2. The third-order valence-electron chi connectivity index (χ3n) is 3.03. The quantitative estimate of drug-likeness (QED) is 0.363. The molecule has 0 aliphatic rings. The van der Waals surface area contributed by atoms with E-state index in [9.17, 15) is 31.1 Å². The molecule has 0 fully saturated rings. The largest absolute Gasteiger partial charge is 0.483 e. The lowest BCUT2D eigenvalue weighted by atomic mass is 10.1. The van der Waals surface area contributed by atoms with Crippen LogP contribution in [0, 0.1) is 34.9 Å². The third-order valence-corrected chi connectivity index (χ3v) is 3.03. The van der Waals surface area contributed by atoms with Crippen LogP contribution in [0.4, 0.5) is 26.3 Å². The summed E-state index contributed by atoms with van der Waals surface area (Å²) in [6, 6.07) is 3.42. The van der Waals surface area contributed by atoms with Gasteiger partial charge in [0.1, 0.15) is 12.4 Å². The number of ether oxygens (including phenoxy) is 2. The number of halogens is 6. The van der Waals surface area contributed by atoms with Gasteiger partial charge in [-0.25, -0.2) is 22.4 Å². The van der Waals surface area contributed by atoms with Gasteiger partial charge < -0.3 is 9.47 Å². The van der Waals surface area contributed by atoms with Gasteiger partial charge in [0.25, 0.3) is 0 Å². The fourth-order valence-electron chi connectivity index (χ4n) is 1.82. The van der Waals surface area contributed by atoms with Crippen molar-refractivity contribution in [2.45, 2.75) is 6.61 Å². The van der Waals surface area contributed by atoms with Gasteiger partial charge in [-0.2, -0.15) is 8.78 Å². The predicted octanol–water partition coefficient (Wildman–Crippen LogP) is 3.89. The summed E-state index contributed by atoms with van der Waals surface area (Å²) in [6.45, 7) is -0.880. The van der Waals surface area contributed by atoms with Crippen LogP contribution >= 0.6 is 0 Å². The zero-order chi connectivity index (χ0) is 18.0. The number of carbonyl (C=O) groups excluding carboxylic acids is 1. The van der Waals surface area contributed by atoms with Gasteiger partial charge in [-0.1, -0.05) is 12.1 Å². The van der Waals surface area contributed by atoms with Crippen molar-refractivity contribution < 1.29 is 40.6 Å². The molecule has 2 rings (SSSR count). The molecule has 0 unspecified atom stereocenters. The molecule has 128 valence electrons. The van der Waals surface area contributed by atoms with Crippen LogP contribution in [0.25, 0.3) is 0 Å². The van der Waals surface area contributed by atoms with E-state index in [0.29, 0.717) is 0 Å². The minimum atomic E-state index is -2.34. The average molecular weight is 350 g/mol. The molecule has 2 aromatic rings. The van der Waals surface area contributed by atoms with Crippen LogP contribution in [-0.4, -0.2) is 13.1 Å². The lowest BCUT2D eigenvalue weighted by Gasteiger charge is -2.11. The Balaban J connectivity index is 2.35. The number of rotatable bonds is 4. The Kier molecular flexibility index (Phi) is 5.01. The summed E-state index contributed by atoms with van der Waals surface area (Å²) in [5.41, 5.74) is -0.821. The number of esters is 1. The fourth-order valence-corrected chi connectivity index (χ4v) is 1.82. The first kappa shape index (κ1) is 17.6. The first-order valence-corrected chi connectivity index (χ1v) is 6.29. The molecule has 24 heavy (non-hydrogen) atoms. The second-order valence-corrected chi connectivity index (χ2v) is 4.46. The highest BCUT2D eigenvalue weighted by Crippen LogP contribution is 2.30. The molecule has 0 aliphatic heterocycles. The van der Waals surface area contributed by atoms with Crippen LogP contribution in [0.3, 0.4) is 0 Å². The van der Waals surface area contributed by atoms with Gasteiger partial charge in [-0.3, -0.25) is 0 Å². The van der Waals surface area contributed by atoms with E-state index in [0.717, 1.165) is 19.2 Å². The maximum absolute atomic E-state index is 14.1. The summed E-state index contributed by atoms with van der Waals surface area (Å²) in [4.78, 5) is 11.3. The number of methoxy groups -OCH3 is 1. The molecule has 0 saturated carbocycles. The highest BCUT2D eigenvalue weighted by Gasteiger charge is 2.27. The Morgan fingerprint density at radius 3 is 1.96 bits per heavy atom. The highest BCUT2D eigenvalue weighted by atomic mass is 19.2. The van der Waals surface area contributed by atoms with Crippen molar-refractivity contribution >= 4 is 5.97 Å². The molecule has 2 aromatic carbocycles. The molecular formula is C15H8F6O3. The maximum Gasteiger partial charge on any atom is 0.340 e. The summed E-state index contributed by atoms with van der Waals surface area (Å²) in [6.07, 6.45) is 0. The summed E-state index contributed by atoms with van der Waals surface area (Å²) in [5.74, 6) is -14.7. The van der Waals surface area contributed by atoms with Gasteiger partial charge in [0.15, 0.2) is 5.75 Å². The molecule has 0 saturated heterocycles. The summed E-state index contributed by atoms with van der Waals surface area (Å²) >= 11 is 0. The van der Waals surface area contributed by atoms with Crippen LogP contribution in [0.1, 0.15) is 15.9 Å². The topological polar surface area (TPSA) is 35.5 Å². The van der Waals surface area contributed by atoms with E-state index in [1.165, 1.54) is 6.07 Å². The third kappa shape index (κ3) is 3.01. The molecule has 0 N–H and O–H groups in total. The zero-order valence-corrected chi connectivity index (χ0v) is 11.9. The van der Waals surface area contributed by atoms with Crippen molar-refractivity contribution in [1.29, 1.82) is 0 Å². The molecule has 0 amide bonds. The molecule has 0 atom stereocenters. The Labute approximate surface area is 131 Å². The standard InChI is InChI=1S/C15H8F6O3/c1-23-15(22)7-4-2-3-6(8(7)16)5-24-14-12(20)10(18)9(17)11(19)13(14)21/h2-4H,5H2,1H3. The van der Waals surface area contributed by atoms with Gasteiger partial charge in [-0.15, -0.1) is 0 Å². The van der Waals surface area contributed by atoms with E-state index in [1.54, 1.807) is 0 Å². The smallest absolute Gasteiger partial charge is 0.340 e. The predicted molar refractivity (Wildman–Crippen MR) is 68.3 cm³/mol. The number of hydrogen-bond donors (Lipinski definition) is 0. The summed E-state index contributed by atoms with van der Waals surface area (Å²) in [7, 11) is 1.01. The van der Waals surface area contributed by atoms with Crippen LogP contribution in [-0.2, 0) is 11.3 Å². The van der Waals surface area contributed by atoms with E-state index in [4.69, 9.17) is 0 Å². The van der Waals surface area contributed by atoms with Gasteiger partial charge in [0.2, 0.25) is 29.1 Å². The van der Waals surface area contributed by atoms with Crippen molar-refractivity contribution in [1.82, 2.24) is 0 Å². The first-order valence-electron chi connectivity index (χ1n) is 6.29. The van der Waals surface area contributed by atoms with E-state index in [-0.39, 0.29) is 5.56 Å². The van der Waals surface area contributed by atoms with Crippen LogP contribution in [0.5, 0.6) is 5.75 Å². The SMILES string of the molecule is COC(=O)c1cccc(COc2c(F)c(F)c(F)c(F)c2F)c1F. The Morgan fingerprint density at radius 2 is 1.42 bits per heavy atom. The minimum absolute atomic E-state index is 0.346. The molecule has 0 aliphatic carbocycles. The molecule has 3 nitrogen and oxygen atoms in total. The monoisotopic (exact) mass is 350 g/mol. The van der Waals surface area contributed by atoms with Gasteiger partial charge in [0.05, 0.1) is 12.7 Å². The maximum atomic E-state index is 14.1. The lowest BCUT2D eigenvalue weighted by molar-refractivity contribution is 0.0595. The van der Waals surface area contributed by atoms with E-state index in [1.807, 2.05) is 0 Å². The summed E-state index contributed by atoms with van der Waals surface area (Å²) < 4.78 is 88.8. The van der Waals surface area contributed by atoms with Crippen molar-refractivity contribution in [3.63, 3.8) is 0 Å². The van der Waals surface area contributed by atoms with E-state index >= 15 is 0 Å². The zero-order valence-electron chi connectivity index (χ0n) is 11.9. The first-order chi connectivity index (χ1) is 11.3. The molecular weight excluding hydrogens is 342 g/mol. The van der Waals surface area contributed by atoms with Crippen molar-refractivity contribution in [3.05, 3.63) is 64.2 Å². The van der Waals surface area contributed by atoms with Crippen molar-refractivity contribution in [3.8, 4) is 5.75 Å². The lowest BCUT2D eigenvalue weighted by Crippen LogP contribution is -2.10. The molecule has 0 bridgehead atoms. The molecule has 0 spiro atoms. The molecule has 0 radical (unpaired) electrons. The molecule has 0 aromatic heterocycles. The fraction of sp³-hybridized carbons (Fsp3) is 0.133. The average Bonchev–Trinajstić information content (AvgIpc) is 2.58. The van der Waals surface area contributed by atoms with Crippen LogP contribution in [0.2, 0.25) is 0 Å². The second kappa shape index (κ2) is 6.81. The second-order valence-electron chi connectivity index (χ2n) is 4.46. The van der Waals surface area contributed by atoms with Gasteiger partial charge >= 0.3 is 5.97 Å². The van der Waals surface area contributed by atoms with Crippen LogP contribution < -0.4 is 4.74 Å².